The van der Waals surface area contributed by atoms with Gasteiger partial charge in [-0.15, -0.1) is 0 Å². The zero-order valence-corrected chi connectivity index (χ0v) is 16.2. The highest BCUT2D eigenvalue weighted by molar-refractivity contribution is 6.06. The second kappa shape index (κ2) is 9.90. The third-order valence-electron chi connectivity index (χ3n) is 4.82. The maximum absolute atomic E-state index is 12.8. The Hall–Kier alpha value is -2.86. The lowest BCUT2D eigenvalue weighted by Gasteiger charge is -2.22. The zero-order valence-electron chi connectivity index (χ0n) is 16.2. The van der Waals surface area contributed by atoms with E-state index in [-0.39, 0.29) is 11.9 Å². The van der Waals surface area contributed by atoms with Crippen molar-refractivity contribution in [3.8, 4) is 0 Å². The smallest absolute Gasteiger partial charge is 0.319 e. The van der Waals surface area contributed by atoms with E-state index in [1.807, 2.05) is 37.3 Å². The third-order valence-corrected chi connectivity index (χ3v) is 4.82. The van der Waals surface area contributed by atoms with E-state index in [1.54, 1.807) is 29.2 Å². The molecular formula is C22H27N3O3. The van der Waals surface area contributed by atoms with Gasteiger partial charge in [-0.1, -0.05) is 18.2 Å². The number of nitrogens with one attached hydrogen (secondary N) is 2. The first-order valence-corrected chi connectivity index (χ1v) is 9.77. The van der Waals surface area contributed by atoms with Crippen LogP contribution in [-0.4, -0.2) is 38.2 Å². The van der Waals surface area contributed by atoms with Gasteiger partial charge in [0.15, 0.2) is 0 Å². The number of ether oxygens (including phenoxy) is 1. The molecular weight excluding hydrogens is 354 g/mol. The third kappa shape index (κ3) is 5.33. The summed E-state index contributed by atoms with van der Waals surface area (Å²) in [7, 11) is 0. The molecule has 1 fully saturated rings. The van der Waals surface area contributed by atoms with Gasteiger partial charge in [-0.2, -0.15) is 0 Å². The van der Waals surface area contributed by atoms with Gasteiger partial charge in [0.2, 0.25) is 0 Å². The molecule has 6 heteroatoms. The molecule has 3 amide bonds. The van der Waals surface area contributed by atoms with Crippen LogP contribution in [0.15, 0.2) is 54.6 Å². The lowest BCUT2D eigenvalue weighted by molar-refractivity contribution is 0.0559. The summed E-state index contributed by atoms with van der Waals surface area (Å²) in [4.78, 5) is 26.6. The van der Waals surface area contributed by atoms with Gasteiger partial charge in [0.05, 0.1) is 6.61 Å². The van der Waals surface area contributed by atoms with Crippen LogP contribution < -0.4 is 15.5 Å². The molecule has 6 nitrogen and oxygen atoms in total. The van der Waals surface area contributed by atoms with Crippen molar-refractivity contribution in [3.63, 3.8) is 0 Å². The number of carbonyl (C=O) groups is 2. The fourth-order valence-corrected chi connectivity index (χ4v) is 3.28. The van der Waals surface area contributed by atoms with Gasteiger partial charge >= 0.3 is 6.03 Å². The summed E-state index contributed by atoms with van der Waals surface area (Å²) in [5, 5.41) is 5.69. The maximum atomic E-state index is 12.8. The van der Waals surface area contributed by atoms with Crippen LogP contribution in [0.3, 0.4) is 0 Å². The number of amides is 3. The Kier molecular flexibility index (Phi) is 7.03. The zero-order chi connectivity index (χ0) is 19.8. The largest absolute Gasteiger partial charge is 0.381 e. The van der Waals surface area contributed by atoms with Crippen molar-refractivity contribution < 1.29 is 14.3 Å². The van der Waals surface area contributed by atoms with Crippen molar-refractivity contribution in [2.45, 2.75) is 19.8 Å². The van der Waals surface area contributed by atoms with Gasteiger partial charge in [0.1, 0.15) is 0 Å². The second-order valence-corrected chi connectivity index (χ2v) is 6.88. The highest BCUT2D eigenvalue weighted by atomic mass is 16.5. The van der Waals surface area contributed by atoms with E-state index in [2.05, 4.69) is 10.6 Å². The van der Waals surface area contributed by atoms with Crippen LogP contribution in [0.4, 0.5) is 16.2 Å². The fraction of sp³-hybridized carbons (Fsp3) is 0.364. The van der Waals surface area contributed by atoms with Gasteiger partial charge in [-0.05, 0) is 62.1 Å². The van der Waals surface area contributed by atoms with E-state index in [9.17, 15) is 9.59 Å². The van der Waals surface area contributed by atoms with Crippen molar-refractivity contribution in [2.24, 2.45) is 5.92 Å². The average molecular weight is 381 g/mol. The Bertz CT molecular complexity index is 771. The van der Waals surface area contributed by atoms with Crippen molar-refractivity contribution in [1.29, 1.82) is 0 Å². The van der Waals surface area contributed by atoms with Gasteiger partial charge in [-0.25, -0.2) is 4.79 Å². The highest BCUT2D eigenvalue weighted by Crippen LogP contribution is 2.18. The first kappa shape index (κ1) is 19.9. The van der Waals surface area contributed by atoms with E-state index >= 15 is 0 Å². The Labute approximate surface area is 165 Å². The molecule has 2 aromatic rings. The van der Waals surface area contributed by atoms with E-state index < -0.39 is 0 Å². The van der Waals surface area contributed by atoms with Gasteiger partial charge in [0.25, 0.3) is 5.91 Å². The summed E-state index contributed by atoms with van der Waals surface area (Å²) in [6.45, 7) is 4.64. The summed E-state index contributed by atoms with van der Waals surface area (Å²) in [6.07, 6.45) is 2.12. The number of carbonyl (C=O) groups excluding carboxylic acids is 2. The molecule has 1 aliphatic rings. The first-order valence-electron chi connectivity index (χ1n) is 9.77. The standard InChI is InChI=1S/C22H27N3O3/c1-2-25(20-8-4-3-5-9-20)21(26)18-10-12-19(13-11-18)24-22(27)23-15-17-7-6-14-28-16-17/h3-5,8-13,17H,2,6-7,14-16H2,1H3,(H2,23,24,27)/t17-/m1/s1. The Morgan fingerprint density at radius 2 is 1.86 bits per heavy atom. The molecule has 2 aromatic carbocycles. The van der Waals surface area contributed by atoms with Crippen LogP contribution in [0.25, 0.3) is 0 Å². The molecule has 1 atom stereocenters. The van der Waals surface area contributed by atoms with Gasteiger partial charge in [0, 0.05) is 36.6 Å². The molecule has 0 saturated carbocycles. The maximum Gasteiger partial charge on any atom is 0.319 e. The molecule has 0 bridgehead atoms. The Balaban J connectivity index is 1.55. The van der Waals surface area contributed by atoms with Crippen LogP contribution in [0.5, 0.6) is 0 Å². The molecule has 2 N–H and O–H groups in total. The molecule has 0 aromatic heterocycles. The fourth-order valence-electron chi connectivity index (χ4n) is 3.28. The molecule has 0 unspecified atom stereocenters. The van der Waals surface area contributed by atoms with Gasteiger partial charge < -0.3 is 20.3 Å². The summed E-state index contributed by atoms with van der Waals surface area (Å²) in [6, 6.07) is 16.3. The minimum Gasteiger partial charge on any atom is -0.381 e. The molecule has 1 heterocycles. The predicted octanol–water partition coefficient (Wildman–Crippen LogP) is 3.90. The number of hydrogen-bond acceptors (Lipinski definition) is 3. The summed E-state index contributed by atoms with van der Waals surface area (Å²) in [5.74, 6) is 0.305. The number of benzene rings is 2. The van der Waals surface area contributed by atoms with Crippen molar-refractivity contribution >= 4 is 23.3 Å². The minimum absolute atomic E-state index is 0.0676. The molecule has 0 spiro atoms. The number of rotatable bonds is 6. The molecule has 28 heavy (non-hydrogen) atoms. The lowest BCUT2D eigenvalue weighted by Crippen LogP contribution is -2.35. The summed E-state index contributed by atoms with van der Waals surface area (Å²) < 4.78 is 5.42. The number of nitrogens with zero attached hydrogens (tertiary/aromatic N) is 1. The van der Waals surface area contributed by atoms with Crippen LogP contribution >= 0.6 is 0 Å². The minimum atomic E-state index is -0.246. The van der Waals surface area contributed by atoms with Crippen LogP contribution in [0.2, 0.25) is 0 Å². The Morgan fingerprint density at radius 1 is 1.11 bits per heavy atom. The topological polar surface area (TPSA) is 70.7 Å². The number of hydrogen-bond donors (Lipinski definition) is 2. The summed E-state index contributed by atoms with van der Waals surface area (Å²) in [5.41, 5.74) is 2.09. The number of anilines is 2. The van der Waals surface area contributed by atoms with Crippen molar-refractivity contribution in [3.05, 3.63) is 60.2 Å². The molecule has 0 aliphatic carbocycles. The van der Waals surface area contributed by atoms with Crippen molar-refractivity contribution in [2.75, 3.05) is 36.5 Å². The molecule has 1 aliphatic heterocycles. The lowest BCUT2D eigenvalue weighted by atomic mass is 10.0. The number of para-hydroxylation sites is 1. The van der Waals surface area contributed by atoms with Gasteiger partial charge in [-0.3, -0.25) is 4.79 Å². The quantitative estimate of drug-likeness (QED) is 0.797. The van der Waals surface area contributed by atoms with Crippen LogP contribution in [-0.2, 0) is 4.74 Å². The number of urea groups is 1. The SMILES string of the molecule is CCN(C(=O)c1ccc(NC(=O)NC[C@H]2CCCOC2)cc1)c1ccccc1. The highest BCUT2D eigenvalue weighted by Gasteiger charge is 2.17. The normalized spacial score (nSPS) is 16.2. The molecule has 0 radical (unpaired) electrons. The average Bonchev–Trinajstić information content (AvgIpc) is 2.75. The second-order valence-electron chi connectivity index (χ2n) is 6.88. The molecule has 148 valence electrons. The summed E-state index contributed by atoms with van der Waals surface area (Å²) >= 11 is 0. The van der Waals surface area contributed by atoms with E-state index in [0.717, 1.165) is 25.1 Å². The van der Waals surface area contributed by atoms with E-state index in [4.69, 9.17) is 4.74 Å². The first-order chi connectivity index (χ1) is 13.7. The molecule has 3 rings (SSSR count). The van der Waals surface area contributed by atoms with Crippen LogP contribution in [0, 0.1) is 5.92 Å². The van der Waals surface area contributed by atoms with Crippen LogP contribution in [0.1, 0.15) is 30.1 Å². The monoisotopic (exact) mass is 381 g/mol. The predicted molar refractivity (Wildman–Crippen MR) is 111 cm³/mol. The van der Waals surface area contributed by atoms with Crippen molar-refractivity contribution in [1.82, 2.24) is 5.32 Å². The van der Waals surface area contributed by atoms with E-state index in [1.165, 1.54) is 0 Å². The molecule has 1 saturated heterocycles. The Morgan fingerprint density at radius 3 is 2.50 bits per heavy atom. The van der Waals surface area contributed by atoms with E-state index in [0.29, 0.717) is 36.9 Å².